The number of nitrogens with one attached hydrogen (secondary N) is 2. The monoisotopic (exact) mass is 418 g/mol. The van der Waals surface area contributed by atoms with Gasteiger partial charge in [0.05, 0.1) is 7.11 Å². The molecule has 0 saturated heterocycles. The van der Waals surface area contributed by atoms with Gasteiger partial charge < -0.3 is 20.1 Å². The van der Waals surface area contributed by atoms with Crippen LogP contribution in [0.25, 0.3) is 11.1 Å². The van der Waals surface area contributed by atoms with Crippen LogP contribution in [0.3, 0.4) is 0 Å². The molecule has 0 atom stereocenters. The Hall–Kier alpha value is -4.13. The number of carbonyl (C=O) groups excluding carboxylic acids is 3. The molecule has 0 spiro atoms. The maximum atomic E-state index is 12.2. The van der Waals surface area contributed by atoms with E-state index in [4.69, 9.17) is 9.47 Å². The van der Waals surface area contributed by atoms with E-state index in [-0.39, 0.29) is 6.54 Å². The van der Waals surface area contributed by atoms with E-state index in [0.29, 0.717) is 17.0 Å². The fourth-order valence-corrected chi connectivity index (χ4v) is 2.77. The van der Waals surface area contributed by atoms with Gasteiger partial charge >= 0.3 is 5.97 Å². The second-order valence-electron chi connectivity index (χ2n) is 6.56. The minimum Gasteiger partial charge on any atom is -0.497 e. The highest BCUT2D eigenvalue weighted by Gasteiger charge is 2.11. The van der Waals surface area contributed by atoms with Crippen molar-refractivity contribution in [2.45, 2.75) is 0 Å². The molecule has 3 aromatic rings. The van der Waals surface area contributed by atoms with Gasteiger partial charge in [-0.2, -0.15) is 0 Å². The molecule has 3 aromatic carbocycles. The Morgan fingerprint density at radius 1 is 0.806 bits per heavy atom. The van der Waals surface area contributed by atoms with Crippen LogP contribution >= 0.6 is 0 Å². The summed E-state index contributed by atoms with van der Waals surface area (Å²) >= 11 is 0. The Kier molecular flexibility index (Phi) is 7.37. The number of hydrogen-bond donors (Lipinski definition) is 2. The van der Waals surface area contributed by atoms with Crippen LogP contribution < -0.4 is 15.4 Å². The van der Waals surface area contributed by atoms with E-state index >= 15 is 0 Å². The number of carbonyl (C=O) groups is 3. The molecule has 0 saturated carbocycles. The van der Waals surface area contributed by atoms with Crippen molar-refractivity contribution in [3.63, 3.8) is 0 Å². The van der Waals surface area contributed by atoms with E-state index in [1.54, 1.807) is 43.5 Å². The van der Waals surface area contributed by atoms with Crippen LogP contribution in [0.1, 0.15) is 10.4 Å². The van der Waals surface area contributed by atoms with Gasteiger partial charge in [0.15, 0.2) is 6.61 Å². The molecule has 0 aliphatic heterocycles. The van der Waals surface area contributed by atoms with E-state index in [2.05, 4.69) is 10.6 Å². The SMILES string of the molecule is COc1ccc(NC(=O)COC(=O)CNC(=O)c2ccc(-c3ccccc3)cc2)cc1. The normalized spacial score (nSPS) is 10.1. The first-order valence-corrected chi connectivity index (χ1v) is 9.58. The maximum absolute atomic E-state index is 12.2. The van der Waals surface area contributed by atoms with Crippen molar-refractivity contribution in [3.05, 3.63) is 84.4 Å². The second-order valence-corrected chi connectivity index (χ2v) is 6.56. The average Bonchev–Trinajstić information content (AvgIpc) is 2.82. The number of benzene rings is 3. The van der Waals surface area contributed by atoms with Crippen LogP contribution in [-0.2, 0) is 14.3 Å². The number of amides is 2. The summed E-state index contributed by atoms with van der Waals surface area (Å²) in [4.78, 5) is 35.9. The van der Waals surface area contributed by atoms with E-state index in [1.807, 2.05) is 42.5 Å². The molecule has 7 heteroatoms. The van der Waals surface area contributed by atoms with Gasteiger partial charge in [-0.25, -0.2) is 0 Å². The maximum Gasteiger partial charge on any atom is 0.325 e. The number of hydrogen-bond acceptors (Lipinski definition) is 5. The van der Waals surface area contributed by atoms with Crippen LogP contribution in [0.4, 0.5) is 5.69 Å². The quantitative estimate of drug-likeness (QED) is 0.548. The van der Waals surface area contributed by atoms with Crippen molar-refractivity contribution in [1.29, 1.82) is 0 Å². The Morgan fingerprint density at radius 3 is 2.10 bits per heavy atom. The zero-order valence-electron chi connectivity index (χ0n) is 17.0. The van der Waals surface area contributed by atoms with E-state index in [9.17, 15) is 14.4 Å². The Balaban J connectivity index is 1.41. The summed E-state index contributed by atoms with van der Waals surface area (Å²) < 4.78 is 9.93. The Labute approximate surface area is 180 Å². The molecule has 0 fully saturated rings. The molecule has 0 heterocycles. The minimum absolute atomic E-state index is 0.338. The summed E-state index contributed by atoms with van der Waals surface area (Å²) in [6.45, 7) is -0.790. The number of esters is 1. The summed E-state index contributed by atoms with van der Waals surface area (Å²) in [6, 6.07) is 23.6. The van der Waals surface area contributed by atoms with Gasteiger partial charge in [-0.15, -0.1) is 0 Å². The van der Waals surface area contributed by atoms with Gasteiger partial charge in [-0.05, 0) is 47.5 Å². The average molecular weight is 418 g/mol. The molecule has 0 aromatic heterocycles. The van der Waals surface area contributed by atoms with Crippen molar-refractivity contribution in [3.8, 4) is 16.9 Å². The lowest BCUT2D eigenvalue weighted by Crippen LogP contribution is -2.32. The summed E-state index contributed by atoms with van der Waals surface area (Å²) in [5.74, 6) is -0.936. The van der Waals surface area contributed by atoms with Crippen molar-refractivity contribution in [1.82, 2.24) is 5.32 Å². The molecule has 0 bridgehead atoms. The summed E-state index contributed by atoms with van der Waals surface area (Å²) in [6.07, 6.45) is 0. The fourth-order valence-electron chi connectivity index (χ4n) is 2.77. The highest BCUT2D eigenvalue weighted by atomic mass is 16.5. The van der Waals surface area contributed by atoms with Crippen LogP contribution in [0.5, 0.6) is 5.75 Å². The third-order valence-electron chi connectivity index (χ3n) is 4.39. The van der Waals surface area contributed by atoms with Gasteiger partial charge in [0.25, 0.3) is 11.8 Å². The molecule has 0 aliphatic rings. The number of ether oxygens (including phenoxy) is 2. The van der Waals surface area contributed by atoms with Crippen LogP contribution in [-0.4, -0.2) is 38.0 Å². The molecule has 0 aliphatic carbocycles. The highest BCUT2D eigenvalue weighted by molar-refractivity contribution is 5.97. The number of anilines is 1. The second kappa shape index (κ2) is 10.6. The largest absolute Gasteiger partial charge is 0.497 e. The van der Waals surface area contributed by atoms with Crippen LogP contribution in [0, 0.1) is 0 Å². The van der Waals surface area contributed by atoms with Crippen molar-refractivity contribution in [2.24, 2.45) is 0 Å². The molecule has 158 valence electrons. The zero-order chi connectivity index (χ0) is 22.1. The fraction of sp³-hybridized carbons (Fsp3) is 0.125. The lowest BCUT2D eigenvalue weighted by atomic mass is 10.0. The first-order chi connectivity index (χ1) is 15.0. The topological polar surface area (TPSA) is 93.7 Å². The van der Waals surface area contributed by atoms with E-state index in [0.717, 1.165) is 11.1 Å². The lowest BCUT2D eigenvalue weighted by molar-refractivity contribution is -0.146. The molecule has 2 amide bonds. The standard InChI is InChI=1S/C24H22N2O5/c1-30-21-13-11-20(12-14-21)26-22(27)16-31-23(28)15-25-24(29)19-9-7-18(8-10-19)17-5-3-2-4-6-17/h2-14H,15-16H2,1H3,(H,25,29)(H,26,27). The zero-order valence-corrected chi connectivity index (χ0v) is 17.0. The minimum atomic E-state index is -0.709. The molecule has 7 nitrogen and oxygen atoms in total. The van der Waals surface area contributed by atoms with Crippen molar-refractivity contribution in [2.75, 3.05) is 25.6 Å². The molecule has 2 N–H and O–H groups in total. The van der Waals surface area contributed by atoms with Crippen LogP contribution in [0.15, 0.2) is 78.9 Å². The van der Waals surface area contributed by atoms with E-state index in [1.165, 1.54) is 0 Å². The van der Waals surface area contributed by atoms with Gasteiger partial charge in [0, 0.05) is 11.3 Å². The highest BCUT2D eigenvalue weighted by Crippen LogP contribution is 2.19. The number of rotatable bonds is 8. The summed E-state index contributed by atoms with van der Waals surface area (Å²) in [7, 11) is 1.55. The lowest BCUT2D eigenvalue weighted by Gasteiger charge is -2.08. The van der Waals surface area contributed by atoms with Gasteiger partial charge in [0.2, 0.25) is 0 Å². The molecular formula is C24H22N2O5. The predicted molar refractivity (Wildman–Crippen MR) is 117 cm³/mol. The van der Waals surface area contributed by atoms with E-state index < -0.39 is 24.4 Å². The predicted octanol–water partition coefficient (Wildman–Crippen LogP) is 3.27. The first-order valence-electron chi connectivity index (χ1n) is 9.58. The van der Waals surface area contributed by atoms with Crippen molar-refractivity contribution < 1.29 is 23.9 Å². The molecule has 0 radical (unpaired) electrons. The van der Waals surface area contributed by atoms with Gasteiger partial charge in [-0.1, -0.05) is 42.5 Å². The Bertz CT molecular complexity index is 1030. The summed E-state index contributed by atoms with van der Waals surface area (Å²) in [5.41, 5.74) is 3.00. The van der Waals surface area contributed by atoms with Crippen LogP contribution in [0.2, 0.25) is 0 Å². The van der Waals surface area contributed by atoms with Crippen molar-refractivity contribution >= 4 is 23.5 Å². The smallest absolute Gasteiger partial charge is 0.325 e. The molecular weight excluding hydrogens is 396 g/mol. The molecule has 31 heavy (non-hydrogen) atoms. The third kappa shape index (κ3) is 6.43. The molecule has 0 unspecified atom stereocenters. The van der Waals surface area contributed by atoms with Gasteiger partial charge in [-0.3, -0.25) is 14.4 Å². The van der Waals surface area contributed by atoms with Gasteiger partial charge in [0.1, 0.15) is 12.3 Å². The summed E-state index contributed by atoms with van der Waals surface area (Å²) in [5, 5.41) is 5.08. The number of methoxy groups -OCH3 is 1. The Morgan fingerprint density at radius 2 is 1.45 bits per heavy atom. The first kappa shape index (κ1) is 21.6. The molecule has 3 rings (SSSR count). The third-order valence-corrected chi connectivity index (χ3v) is 4.39.